The first-order chi connectivity index (χ1) is 11.7. The Hall–Kier alpha value is -2.26. The highest BCUT2D eigenvalue weighted by Gasteiger charge is 2.15. The Bertz CT molecular complexity index is 784. The lowest BCUT2D eigenvalue weighted by molar-refractivity contribution is 0.230. The second kappa shape index (κ2) is 7.10. The molecule has 0 saturated heterocycles. The molecule has 24 heavy (non-hydrogen) atoms. The summed E-state index contributed by atoms with van der Waals surface area (Å²) in [6, 6.07) is 19.5. The minimum absolute atomic E-state index is 0.387. The zero-order chi connectivity index (χ0) is 17.1. The summed E-state index contributed by atoms with van der Waals surface area (Å²) >= 11 is 0. The van der Waals surface area contributed by atoms with Crippen LogP contribution in [0.5, 0.6) is 0 Å². The number of hydrogen-bond donors (Lipinski definition) is 0. The molecule has 0 saturated carbocycles. The summed E-state index contributed by atoms with van der Waals surface area (Å²) in [4.78, 5) is 4.79. The van der Waals surface area contributed by atoms with Gasteiger partial charge < -0.3 is 9.47 Å². The van der Waals surface area contributed by atoms with Gasteiger partial charge in [-0.1, -0.05) is 32.0 Å². The predicted molar refractivity (Wildman–Crippen MR) is 104 cm³/mol. The van der Waals surface area contributed by atoms with Crippen molar-refractivity contribution in [2.75, 3.05) is 25.0 Å². The van der Waals surface area contributed by atoms with Gasteiger partial charge in [0.1, 0.15) is 0 Å². The lowest BCUT2D eigenvalue weighted by atomic mass is 10.2. The van der Waals surface area contributed by atoms with Crippen molar-refractivity contribution in [2.45, 2.75) is 26.9 Å². The van der Waals surface area contributed by atoms with Crippen LogP contribution in [-0.2, 0) is 0 Å². The summed E-state index contributed by atoms with van der Waals surface area (Å²) in [5.74, 6) is 0. The molecule has 3 heteroatoms. The standard InChI is InChI=1S/C21H27N3/c1-5-23(6-2)17(3)22(4)19-11-13-20(14-12-19)24-16-15-18-9-7-8-10-21(18)24/h7-17H,5-6H2,1-4H3. The quantitative estimate of drug-likeness (QED) is 0.607. The molecule has 0 spiro atoms. The Balaban J connectivity index is 1.85. The molecule has 3 rings (SSSR count). The van der Waals surface area contributed by atoms with Crippen molar-refractivity contribution < 1.29 is 0 Å². The van der Waals surface area contributed by atoms with E-state index in [1.165, 1.54) is 22.3 Å². The van der Waals surface area contributed by atoms with Crippen LogP contribution in [0, 0.1) is 0 Å². The SMILES string of the molecule is CCN(CC)C(C)N(C)c1ccc(-n2ccc3ccccc32)cc1. The third-order valence-electron chi connectivity index (χ3n) is 5.04. The summed E-state index contributed by atoms with van der Waals surface area (Å²) in [6.07, 6.45) is 2.53. The number of benzene rings is 2. The topological polar surface area (TPSA) is 11.4 Å². The van der Waals surface area contributed by atoms with Crippen LogP contribution in [0.15, 0.2) is 60.8 Å². The van der Waals surface area contributed by atoms with Gasteiger partial charge in [-0.25, -0.2) is 0 Å². The Kier molecular flexibility index (Phi) is 4.91. The highest BCUT2D eigenvalue weighted by atomic mass is 15.3. The summed E-state index contributed by atoms with van der Waals surface area (Å²) in [7, 11) is 2.17. The van der Waals surface area contributed by atoms with Gasteiger partial charge in [-0.15, -0.1) is 0 Å². The summed E-state index contributed by atoms with van der Waals surface area (Å²) < 4.78 is 2.24. The second-order valence-corrected chi connectivity index (χ2v) is 6.22. The van der Waals surface area contributed by atoms with Crippen LogP contribution in [0.1, 0.15) is 20.8 Å². The van der Waals surface area contributed by atoms with Crippen LogP contribution in [0.2, 0.25) is 0 Å². The van der Waals surface area contributed by atoms with Crippen LogP contribution < -0.4 is 4.90 Å². The third kappa shape index (κ3) is 3.04. The number of rotatable bonds is 6. The van der Waals surface area contributed by atoms with Gasteiger partial charge in [0.15, 0.2) is 0 Å². The van der Waals surface area contributed by atoms with Crippen molar-refractivity contribution in [1.29, 1.82) is 0 Å². The van der Waals surface area contributed by atoms with Gasteiger partial charge in [-0.2, -0.15) is 0 Å². The van der Waals surface area contributed by atoms with E-state index < -0.39 is 0 Å². The lowest BCUT2D eigenvalue weighted by Crippen LogP contribution is -2.44. The summed E-state index contributed by atoms with van der Waals surface area (Å²) in [6.45, 7) is 8.83. The average molecular weight is 321 g/mol. The lowest BCUT2D eigenvalue weighted by Gasteiger charge is -2.35. The molecule has 3 nitrogen and oxygen atoms in total. The minimum Gasteiger partial charge on any atom is -0.359 e. The molecule has 0 radical (unpaired) electrons. The Morgan fingerprint density at radius 3 is 2.25 bits per heavy atom. The van der Waals surface area contributed by atoms with Gasteiger partial charge in [0, 0.05) is 24.6 Å². The molecule has 3 aromatic rings. The van der Waals surface area contributed by atoms with Crippen LogP contribution in [0.3, 0.4) is 0 Å². The minimum atomic E-state index is 0.387. The van der Waals surface area contributed by atoms with Crippen LogP contribution in [-0.4, -0.2) is 35.8 Å². The fraction of sp³-hybridized carbons (Fsp3) is 0.333. The van der Waals surface area contributed by atoms with Crippen molar-refractivity contribution in [3.8, 4) is 5.69 Å². The number of nitrogens with zero attached hydrogens (tertiary/aromatic N) is 3. The third-order valence-corrected chi connectivity index (χ3v) is 5.04. The molecule has 0 fully saturated rings. The van der Waals surface area contributed by atoms with Crippen molar-refractivity contribution in [3.05, 3.63) is 60.8 Å². The van der Waals surface area contributed by atoms with Gasteiger partial charge in [0.25, 0.3) is 0 Å². The molecule has 1 unspecified atom stereocenters. The molecule has 0 aliphatic carbocycles. The average Bonchev–Trinajstić information content (AvgIpc) is 3.06. The van der Waals surface area contributed by atoms with E-state index in [4.69, 9.17) is 0 Å². The fourth-order valence-electron chi connectivity index (χ4n) is 3.37. The first kappa shape index (κ1) is 16.6. The van der Waals surface area contributed by atoms with Gasteiger partial charge in [0.2, 0.25) is 0 Å². The van der Waals surface area contributed by atoms with Crippen LogP contribution >= 0.6 is 0 Å². The van der Waals surface area contributed by atoms with Crippen molar-refractivity contribution in [3.63, 3.8) is 0 Å². The van der Waals surface area contributed by atoms with Crippen molar-refractivity contribution in [1.82, 2.24) is 9.47 Å². The molecule has 0 aliphatic rings. The van der Waals surface area contributed by atoms with E-state index in [1.807, 2.05) is 0 Å². The zero-order valence-electron chi connectivity index (χ0n) is 15.1. The second-order valence-electron chi connectivity index (χ2n) is 6.22. The van der Waals surface area contributed by atoms with E-state index in [0.29, 0.717) is 6.17 Å². The zero-order valence-corrected chi connectivity index (χ0v) is 15.1. The number of hydrogen-bond acceptors (Lipinski definition) is 2. The molecule has 126 valence electrons. The molecule has 0 aliphatic heterocycles. The maximum Gasteiger partial charge on any atom is 0.0788 e. The molecule has 1 heterocycles. The van der Waals surface area contributed by atoms with E-state index >= 15 is 0 Å². The first-order valence-corrected chi connectivity index (χ1v) is 8.79. The number of para-hydroxylation sites is 1. The van der Waals surface area contributed by atoms with Crippen LogP contribution in [0.25, 0.3) is 16.6 Å². The molecule has 0 bridgehead atoms. The van der Waals surface area contributed by atoms with E-state index in [9.17, 15) is 0 Å². The van der Waals surface area contributed by atoms with Gasteiger partial charge >= 0.3 is 0 Å². The van der Waals surface area contributed by atoms with Crippen LogP contribution in [0.4, 0.5) is 5.69 Å². The summed E-state index contributed by atoms with van der Waals surface area (Å²) in [5.41, 5.74) is 3.69. The van der Waals surface area contributed by atoms with Gasteiger partial charge in [-0.05, 0) is 61.8 Å². The van der Waals surface area contributed by atoms with E-state index in [0.717, 1.165) is 13.1 Å². The monoisotopic (exact) mass is 321 g/mol. The maximum absolute atomic E-state index is 2.45. The van der Waals surface area contributed by atoms with Gasteiger partial charge in [0.05, 0.1) is 11.7 Å². The Morgan fingerprint density at radius 2 is 1.58 bits per heavy atom. The number of aromatic nitrogens is 1. The highest BCUT2D eigenvalue weighted by Crippen LogP contribution is 2.23. The molecular formula is C21H27N3. The predicted octanol–water partition coefficient (Wildman–Crippen LogP) is 4.75. The molecule has 2 aromatic carbocycles. The van der Waals surface area contributed by atoms with E-state index in [2.05, 4.69) is 103 Å². The molecule has 1 aromatic heterocycles. The number of fused-ring (bicyclic) bond motifs is 1. The summed E-state index contributed by atoms with van der Waals surface area (Å²) in [5, 5.41) is 1.27. The molecular weight excluding hydrogens is 294 g/mol. The largest absolute Gasteiger partial charge is 0.359 e. The molecule has 1 atom stereocenters. The normalized spacial score (nSPS) is 12.7. The molecule has 0 N–H and O–H groups in total. The fourth-order valence-corrected chi connectivity index (χ4v) is 3.37. The van der Waals surface area contributed by atoms with E-state index in [1.54, 1.807) is 0 Å². The van der Waals surface area contributed by atoms with Gasteiger partial charge in [-0.3, -0.25) is 4.90 Å². The number of anilines is 1. The first-order valence-electron chi connectivity index (χ1n) is 8.79. The molecule has 0 amide bonds. The Morgan fingerprint density at radius 1 is 0.917 bits per heavy atom. The maximum atomic E-state index is 2.45. The van der Waals surface area contributed by atoms with Crippen molar-refractivity contribution >= 4 is 16.6 Å². The van der Waals surface area contributed by atoms with E-state index in [-0.39, 0.29) is 0 Å². The Labute approximate surface area is 145 Å². The smallest absolute Gasteiger partial charge is 0.0788 e. The highest BCUT2D eigenvalue weighted by molar-refractivity contribution is 5.81. The van der Waals surface area contributed by atoms with Crippen molar-refractivity contribution in [2.24, 2.45) is 0 Å².